The van der Waals surface area contributed by atoms with Crippen LogP contribution in [0.5, 0.6) is 0 Å². The minimum atomic E-state index is -0.992. The van der Waals surface area contributed by atoms with Crippen LogP contribution in [-0.2, 0) is 14.3 Å². The normalized spacial score (nSPS) is 19.1. The Morgan fingerprint density at radius 2 is 1.92 bits per heavy atom. The number of anilines is 1. The number of hydrogen-bond donors (Lipinski definition) is 2. The second-order valence-electron chi connectivity index (χ2n) is 5.81. The molecule has 6 nitrogen and oxygen atoms in total. The van der Waals surface area contributed by atoms with Gasteiger partial charge in [-0.05, 0) is 24.3 Å². The number of carboxylic acids is 1. The first-order valence-electron chi connectivity index (χ1n) is 7.95. The zero-order chi connectivity index (χ0) is 18.7. The first-order valence-corrected chi connectivity index (χ1v) is 9.71. The van der Waals surface area contributed by atoms with Crippen molar-refractivity contribution in [3.63, 3.8) is 0 Å². The Morgan fingerprint density at radius 3 is 2.54 bits per heavy atom. The minimum Gasteiger partial charge on any atom is -0.481 e. The summed E-state index contributed by atoms with van der Waals surface area (Å²) in [5.74, 6) is -3.36. The minimum absolute atomic E-state index is 0.298. The number of carbonyl (C=O) groups excluding carboxylic acids is 2. The van der Waals surface area contributed by atoms with Gasteiger partial charge in [0.2, 0.25) is 5.91 Å². The van der Waals surface area contributed by atoms with Crippen molar-refractivity contribution < 1.29 is 24.2 Å². The summed E-state index contributed by atoms with van der Waals surface area (Å²) in [6, 6.07) is 3.76. The second kappa shape index (κ2) is 7.84. The number of aliphatic carboxylic acids is 1. The third-order valence-corrected chi connectivity index (χ3v) is 6.09. The van der Waals surface area contributed by atoms with Crippen molar-refractivity contribution in [2.45, 2.75) is 12.8 Å². The molecule has 0 spiro atoms. The van der Waals surface area contributed by atoms with E-state index in [0.717, 1.165) is 4.88 Å². The van der Waals surface area contributed by atoms with Gasteiger partial charge in [-0.3, -0.25) is 9.59 Å². The summed E-state index contributed by atoms with van der Waals surface area (Å²) < 4.78 is 4.88. The molecule has 1 amide bonds. The van der Waals surface area contributed by atoms with Crippen molar-refractivity contribution in [2.24, 2.45) is 11.8 Å². The summed E-state index contributed by atoms with van der Waals surface area (Å²) in [6.45, 7) is 0. The molecular formula is C18H17NO5S2. The molecule has 0 saturated carbocycles. The summed E-state index contributed by atoms with van der Waals surface area (Å²) in [6.07, 6.45) is 4.28. The van der Waals surface area contributed by atoms with Gasteiger partial charge in [-0.15, -0.1) is 22.7 Å². The molecule has 8 heteroatoms. The topological polar surface area (TPSA) is 92.7 Å². The highest BCUT2D eigenvalue weighted by Gasteiger charge is 2.35. The van der Waals surface area contributed by atoms with Gasteiger partial charge in [0.25, 0.3) is 0 Å². The number of carbonyl (C=O) groups is 3. The van der Waals surface area contributed by atoms with Gasteiger partial charge < -0.3 is 15.2 Å². The average Bonchev–Trinajstić information content (AvgIpc) is 3.30. The molecule has 0 aromatic carbocycles. The van der Waals surface area contributed by atoms with E-state index in [1.807, 2.05) is 23.6 Å². The number of methoxy groups -OCH3 is 1. The molecule has 0 fully saturated rings. The van der Waals surface area contributed by atoms with E-state index in [1.54, 1.807) is 11.5 Å². The van der Waals surface area contributed by atoms with Crippen molar-refractivity contribution in [3.8, 4) is 10.4 Å². The number of esters is 1. The van der Waals surface area contributed by atoms with E-state index in [9.17, 15) is 19.5 Å². The van der Waals surface area contributed by atoms with Crippen LogP contribution in [0.1, 0.15) is 23.2 Å². The van der Waals surface area contributed by atoms with E-state index in [1.165, 1.54) is 29.8 Å². The van der Waals surface area contributed by atoms with Gasteiger partial charge in [0.15, 0.2) is 0 Å². The van der Waals surface area contributed by atoms with Gasteiger partial charge >= 0.3 is 11.9 Å². The van der Waals surface area contributed by atoms with Crippen molar-refractivity contribution in [1.82, 2.24) is 0 Å². The molecule has 2 heterocycles. The van der Waals surface area contributed by atoms with E-state index < -0.39 is 29.7 Å². The van der Waals surface area contributed by atoms with E-state index >= 15 is 0 Å². The van der Waals surface area contributed by atoms with Crippen LogP contribution < -0.4 is 5.32 Å². The third kappa shape index (κ3) is 3.56. The van der Waals surface area contributed by atoms with E-state index in [0.29, 0.717) is 29.0 Å². The summed E-state index contributed by atoms with van der Waals surface area (Å²) in [7, 11) is 1.29. The lowest BCUT2D eigenvalue weighted by Gasteiger charge is -2.24. The molecule has 26 heavy (non-hydrogen) atoms. The predicted molar refractivity (Wildman–Crippen MR) is 101 cm³/mol. The molecule has 136 valence electrons. The van der Waals surface area contributed by atoms with Crippen LogP contribution >= 0.6 is 22.7 Å². The number of amides is 1. The lowest BCUT2D eigenvalue weighted by atomic mass is 9.82. The summed E-state index contributed by atoms with van der Waals surface area (Å²) >= 11 is 2.71. The molecule has 0 saturated heterocycles. The maximum atomic E-state index is 12.7. The lowest BCUT2D eigenvalue weighted by molar-refractivity contribution is -0.146. The number of nitrogens with one attached hydrogen (secondary N) is 1. The molecule has 0 radical (unpaired) electrons. The van der Waals surface area contributed by atoms with Crippen molar-refractivity contribution in [3.05, 3.63) is 40.6 Å². The SMILES string of the molecule is COC(=O)c1c(-c2cccs2)csc1NC(=O)[C@H]1CC=CC[C@@H]1C(=O)O. The molecular weight excluding hydrogens is 374 g/mol. The Morgan fingerprint density at radius 1 is 1.19 bits per heavy atom. The summed E-state index contributed by atoms with van der Waals surface area (Å²) in [4.78, 5) is 37.3. The van der Waals surface area contributed by atoms with Gasteiger partial charge in [-0.25, -0.2) is 4.79 Å². The predicted octanol–water partition coefficient (Wildman–Crippen LogP) is 3.87. The highest BCUT2D eigenvalue weighted by atomic mass is 32.1. The lowest BCUT2D eigenvalue weighted by Crippen LogP contribution is -2.34. The monoisotopic (exact) mass is 391 g/mol. The van der Waals surface area contributed by atoms with E-state index in [2.05, 4.69) is 5.32 Å². The van der Waals surface area contributed by atoms with Gasteiger partial charge in [-0.2, -0.15) is 0 Å². The van der Waals surface area contributed by atoms with Gasteiger partial charge in [0, 0.05) is 15.8 Å². The van der Waals surface area contributed by atoms with E-state index in [4.69, 9.17) is 4.74 Å². The summed E-state index contributed by atoms with van der Waals surface area (Å²) in [5, 5.41) is 16.2. The highest BCUT2D eigenvalue weighted by molar-refractivity contribution is 7.17. The number of hydrogen-bond acceptors (Lipinski definition) is 6. The standard InChI is InChI=1S/C18H17NO5S2/c1-24-18(23)14-12(13-7-4-8-25-13)9-26-16(14)19-15(20)10-5-2-3-6-11(10)17(21)22/h2-4,7-11H,5-6H2,1H3,(H,19,20)(H,21,22)/t10-,11-/m0/s1. The molecule has 1 aliphatic rings. The van der Waals surface area contributed by atoms with Gasteiger partial charge in [0.05, 0.1) is 18.9 Å². The van der Waals surface area contributed by atoms with Crippen LogP contribution in [0, 0.1) is 11.8 Å². The Bertz CT molecular complexity index is 853. The number of rotatable bonds is 5. The number of allylic oxidation sites excluding steroid dienone is 2. The fourth-order valence-corrected chi connectivity index (χ4v) is 4.72. The van der Waals surface area contributed by atoms with Crippen LogP contribution in [-0.4, -0.2) is 30.1 Å². The maximum Gasteiger partial charge on any atom is 0.341 e. The van der Waals surface area contributed by atoms with Crippen LogP contribution in [0.3, 0.4) is 0 Å². The van der Waals surface area contributed by atoms with Crippen LogP contribution in [0.4, 0.5) is 5.00 Å². The van der Waals surface area contributed by atoms with E-state index in [-0.39, 0.29) is 0 Å². The summed E-state index contributed by atoms with van der Waals surface area (Å²) in [5.41, 5.74) is 0.997. The maximum absolute atomic E-state index is 12.7. The zero-order valence-corrected chi connectivity index (χ0v) is 15.6. The van der Waals surface area contributed by atoms with Crippen molar-refractivity contribution in [2.75, 3.05) is 12.4 Å². The third-order valence-electron chi connectivity index (χ3n) is 4.29. The Hall–Kier alpha value is -2.45. The zero-order valence-electron chi connectivity index (χ0n) is 13.9. The van der Waals surface area contributed by atoms with Crippen LogP contribution in [0.2, 0.25) is 0 Å². The molecule has 0 bridgehead atoms. The highest BCUT2D eigenvalue weighted by Crippen LogP contribution is 2.39. The molecule has 0 aliphatic heterocycles. The van der Waals surface area contributed by atoms with Gasteiger partial charge in [0.1, 0.15) is 10.6 Å². The van der Waals surface area contributed by atoms with Crippen LogP contribution in [0.15, 0.2) is 35.0 Å². The molecule has 2 atom stereocenters. The Kier molecular flexibility index (Phi) is 5.53. The smallest absolute Gasteiger partial charge is 0.341 e. The first kappa shape index (κ1) is 18.3. The first-order chi connectivity index (χ1) is 12.5. The molecule has 2 aromatic rings. The fourth-order valence-electron chi connectivity index (χ4n) is 2.95. The van der Waals surface area contributed by atoms with Crippen LogP contribution in [0.25, 0.3) is 10.4 Å². The number of thiophene rings is 2. The molecule has 2 N–H and O–H groups in total. The van der Waals surface area contributed by atoms with Crippen molar-refractivity contribution in [1.29, 1.82) is 0 Å². The molecule has 0 unspecified atom stereocenters. The van der Waals surface area contributed by atoms with Crippen molar-refractivity contribution >= 4 is 45.5 Å². The number of ether oxygens (including phenoxy) is 1. The van der Waals surface area contributed by atoms with Gasteiger partial charge in [-0.1, -0.05) is 18.2 Å². The Balaban J connectivity index is 1.90. The molecule has 2 aromatic heterocycles. The second-order valence-corrected chi connectivity index (χ2v) is 7.63. The Labute approximate surface area is 158 Å². The molecule has 1 aliphatic carbocycles. The quantitative estimate of drug-likeness (QED) is 0.596. The average molecular weight is 391 g/mol. The number of carboxylic acid groups (broad SMARTS) is 1. The largest absolute Gasteiger partial charge is 0.481 e. The molecule has 3 rings (SSSR count). The fraction of sp³-hybridized carbons (Fsp3) is 0.278.